The second-order valence-electron chi connectivity index (χ2n) is 3.66. The highest BCUT2D eigenvalue weighted by atomic mass is 79.9. The van der Waals surface area contributed by atoms with E-state index in [-0.39, 0.29) is 6.42 Å². The molecule has 1 aromatic carbocycles. The first-order chi connectivity index (χ1) is 7.41. The number of aliphatic hydroxyl groups excluding tert-OH is 1. The number of rotatable bonds is 4. The number of halogens is 2. The maximum absolute atomic E-state index is 12.8. The smallest absolute Gasteiger partial charge is 0.306 e. The fourth-order valence-electron chi connectivity index (χ4n) is 1.33. The van der Waals surface area contributed by atoms with Crippen molar-refractivity contribution >= 4 is 21.9 Å². The van der Waals surface area contributed by atoms with E-state index in [2.05, 4.69) is 15.9 Å². The van der Waals surface area contributed by atoms with Gasteiger partial charge < -0.3 is 10.2 Å². The molecule has 0 spiro atoms. The topological polar surface area (TPSA) is 57.5 Å². The number of hydrogen-bond donors (Lipinski definition) is 2. The summed E-state index contributed by atoms with van der Waals surface area (Å²) in [5, 5.41) is 18.5. The zero-order chi connectivity index (χ0) is 12.3. The van der Waals surface area contributed by atoms with Crippen LogP contribution in [0.5, 0.6) is 0 Å². The Morgan fingerprint density at radius 3 is 2.69 bits per heavy atom. The third kappa shape index (κ3) is 3.28. The Labute approximate surface area is 101 Å². The van der Waals surface area contributed by atoms with Crippen LogP contribution in [0.4, 0.5) is 4.39 Å². The molecule has 1 aromatic rings. The van der Waals surface area contributed by atoms with E-state index in [9.17, 15) is 14.3 Å². The summed E-state index contributed by atoms with van der Waals surface area (Å²) in [7, 11) is 0. The Balaban J connectivity index is 2.80. The summed E-state index contributed by atoms with van der Waals surface area (Å²) in [6, 6.07) is 3.91. The maximum Gasteiger partial charge on any atom is 0.306 e. The molecule has 2 atom stereocenters. The van der Waals surface area contributed by atoms with Crippen molar-refractivity contribution in [3.8, 4) is 0 Å². The van der Waals surface area contributed by atoms with Crippen LogP contribution in [-0.2, 0) is 4.79 Å². The van der Waals surface area contributed by atoms with Crippen molar-refractivity contribution in [1.82, 2.24) is 0 Å². The molecule has 0 bridgehead atoms. The minimum Gasteiger partial charge on any atom is -0.481 e. The molecule has 0 aliphatic rings. The predicted octanol–water partition coefficient (Wildman–Crippen LogP) is 2.73. The molecule has 16 heavy (non-hydrogen) atoms. The van der Waals surface area contributed by atoms with Gasteiger partial charge >= 0.3 is 5.97 Å². The van der Waals surface area contributed by atoms with E-state index in [1.807, 2.05) is 0 Å². The second kappa shape index (κ2) is 5.41. The van der Waals surface area contributed by atoms with E-state index in [0.29, 0.717) is 10.0 Å². The van der Waals surface area contributed by atoms with Crippen molar-refractivity contribution in [2.24, 2.45) is 5.92 Å². The van der Waals surface area contributed by atoms with Crippen molar-refractivity contribution in [3.63, 3.8) is 0 Å². The number of carboxylic acids is 1. The third-order valence-electron chi connectivity index (χ3n) is 2.32. The van der Waals surface area contributed by atoms with Gasteiger partial charge in [-0.1, -0.05) is 28.9 Å². The van der Waals surface area contributed by atoms with E-state index in [1.54, 1.807) is 0 Å². The van der Waals surface area contributed by atoms with Gasteiger partial charge in [0.05, 0.1) is 12.0 Å². The molecule has 0 saturated carbocycles. The molecule has 0 aromatic heterocycles. The molecule has 2 N–H and O–H groups in total. The van der Waals surface area contributed by atoms with E-state index in [1.165, 1.54) is 25.1 Å². The third-order valence-corrected chi connectivity index (χ3v) is 3.01. The van der Waals surface area contributed by atoms with Crippen LogP contribution in [0.1, 0.15) is 25.0 Å². The Morgan fingerprint density at radius 2 is 2.19 bits per heavy atom. The van der Waals surface area contributed by atoms with Crippen molar-refractivity contribution in [2.75, 3.05) is 0 Å². The molecule has 1 rings (SSSR count). The molecule has 0 radical (unpaired) electrons. The SMILES string of the molecule is CC(CC(O)c1ccc(F)cc1Br)C(=O)O. The van der Waals surface area contributed by atoms with E-state index in [4.69, 9.17) is 5.11 Å². The number of carbonyl (C=O) groups is 1. The summed E-state index contributed by atoms with van der Waals surface area (Å²) in [6.07, 6.45) is -0.819. The standard InChI is InChI=1S/C11H12BrFO3/c1-6(11(15)16)4-10(14)8-3-2-7(13)5-9(8)12/h2-3,5-6,10,14H,4H2,1H3,(H,15,16). The van der Waals surface area contributed by atoms with Crippen LogP contribution >= 0.6 is 15.9 Å². The predicted molar refractivity (Wildman–Crippen MR) is 60.5 cm³/mol. The first-order valence-electron chi connectivity index (χ1n) is 4.77. The zero-order valence-corrected chi connectivity index (χ0v) is 10.2. The van der Waals surface area contributed by atoms with E-state index >= 15 is 0 Å². The van der Waals surface area contributed by atoms with Crippen LogP contribution in [0.25, 0.3) is 0 Å². The Bertz CT molecular complexity index is 395. The number of hydrogen-bond acceptors (Lipinski definition) is 2. The van der Waals surface area contributed by atoms with Gasteiger partial charge in [-0.15, -0.1) is 0 Å². The molecular formula is C11H12BrFO3. The lowest BCUT2D eigenvalue weighted by atomic mass is 9.98. The van der Waals surface area contributed by atoms with Crippen molar-refractivity contribution < 1.29 is 19.4 Å². The van der Waals surface area contributed by atoms with Gasteiger partial charge in [-0.25, -0.2) is 4.39 Å². The summed E-state index contributed by atoms with van der Waals surface area (Å²) in [5.74, 6) is -2.02. The number of aliphatic carboxylic acids is 1. The highest BCUT2D eigenvalue weighted by Gasteiger charge is 2.19. The first kappa shape index (κ1) is 13.1. The zero-order valence-electron chi connectivity index (χ0n) is 8.65. The molecule has 0 heterocycles. The Kier molecular flexibility index (Phi) is 4.44. The van der Waals surface area contributed by atoms with Gasteiger partial charge in [0.15, 0.2) is 0 Å². The monoisotopic (exact) mass is 290 g/mol. The highest BCUT2D eigenvalue weighted by molar-refractivity contribution is 9.10. The average Bonchev–Trinajstić information content (AvgIpc) is 2.16. The fourth-order valence-corrected chi connectivity index (χ4v) is 1.95. The molecule has 0 amide bonds. The molecule has 0 aliphatic carbocycles. The van der Waals surface area contributed by atoms with E-state index in [0.717, 1.165) is 0 Å². The largest absolute Gasteiger partial charge is 0.481 e. The minimum atomic E-state index is -0.961. The summed E-state index contributed by atoms with van der Waals surface area (Å²) in [5.41, 5.74) is 0.495. The number of carboxylic acid groups (broad SMARTS) is 1. The normalized spacial score (nSPS) is 14.5. The molecule has 0 aliphatic heterocycles. The Morgan fingerprint density at radius 1 is 1.56 bits per heavy atom. The van der Waals surface area contributed by atoms with Gasteiger partial charge in [-0.05, 0) is 24.1 Å². The minimum absolute atomic E-state index is 0.0968. The summed E-state index contributed by atoms with van der Waals surface area (Å²) in [4.78, 5) is 10.6. The van der Waals surface area contributed by atoms with Crippen LogP contribution < -0.4 is 0 Å². The van der Waals surface area contributed by atoms with Gasteiger partial charge in [-0.3, -0.25) is 4.79 Å². The molecule has 2 unspecified atom stereocenters. The summed E-state index contributed by atoms with van der Waals surface area (Å²) in [6.45, 7) is 1.52. The van der Waals surface area contributed by atoms with Gasteiger partial charge in [-0.2, -0.15) is 0 Å². The van der Waals surface area contributed by atoms with Crippen LogP contribution in [0, 0.1) is 11.7 Å². The van der Waals surface area contributed by atoms with Crippen molar-refractivity contribution in [3.05, 3.63) is 34.1 Å². The summed E-state index contributed by atoms with van der Waals surface area (Å²) < 4.78 is 13.2. The number of aliphatic hydroxyl groups is 1. The van der Waals surface area contributed by atoms with Gasteiger partial charge in [0.25, 0.3) is 0 Å². The molecular weight excluding hydrogens is 279 g/mol. The highest BCUT2D eigenvalue weighted by Crippen LogP contribution is 2.28. The van der Waals surface area contributed by atoms with Crippen LogP contribution in [0.15, 0.2) is 22.7 Å². The maximum atomic E-state index is 12.8. The van der Waals surface area contributed by atoms with Gasteiger partial charge in [0, 0.05) is 4.47 Å². The lowest BCUT2D eigenvalue weighted by Gasteiger charge is -2.15. The van der Waals surface area contributed by atoms with Gasteiger partial charge in [0.1, 0.15) is 5.82 Å². The van der Waals surface area contributed by atoms with Crippen LogP contribution in [-0.4, -0.2) is 16.2 Å². The average molecular weight is 291 g/mol. The fraction of sp³-hybridized carbons (Fsp3) is 0.364. The molecule has 88 valence electrons. The molecule has 0 fully saturated rings. The van der Waals surface area contributed by atoms with Crippen LogP contribution in [0.3, 0.4) is 0 Å². The van der Waals surface area contributed by atoms with E-state index < -0.39 is 23.8 Å². The Hall–Kier alpha value is -0.940. The van der Waals surface area contributed by atoms with Crippen molar-refractivity contribution in [2.45, 2.75) is 19.4 Å². The number of benzene rings is 1. The molecule has 3 nitrogen and oxygen atoms in total. The molecule has 0 saturated heterocycles. The lowest BCUT2D eigenvalue weighted by molar-refractivity contribution is -0.142. The van der Waals surface area contributed by atoms with Gasteiger partial charge in [0.2, 0.25) is 0 Å². The van der Waals surface area contributed by atoms with Crippen LogP contribution in [0.2, 0.25) is 0 Å². The van der Waals surface area contributed by atoms with Crippen molar-refractivity contribution in [1.29, 1.82) is 0 Å². The molecule has 5 heteroatoms. The first-order valence-corrected chi connectivity index (χ1v) is 5.57. The second-order valence-corrected chi connectivity index (χ2v) is 4.51. The lowest BCUT2D eigenvalue weighted by Crippen LogP contribution is -2.13. The quantitative estimate of drug-likeness (QED) is 0.896. The summed E-state index contributed by atoms with van der Waals surface area (Å²) >= 11 is 3.13.